The third-order valence-electron chi connectivity index (χ3n) is 1.51. The normalized spacial score (nSPS) is 11.0. The molecular formula is C7H4Cl5N. The van der Waals surface area contributed by atoms with Gasteiger partial charge >= 0.3 is 0 Å². The molecule has 0 aliphatic rings. The van der Waals surface area contributed by atoms with Crippen molar-refractivity contribution in [1.29, 1.82) is 0 Å². The molecular weight excluding hydrogens is 275 g/mol. The van der Waals surface area contributed by atoms with Gasteiger partial charge in [0.2, 0.25) is 0 Å². The molecule has 0 saturated heterocycles. The standard InChI is InChI=1S/C7H4Cl5N/c1-2-4(8)3(5(9)10)7(12)13-6(2)11/h5H,1H3. The van der Waals surface area contributed by atoms with Crippen molar-refractivity contribution < 1.29 is 0 Å². The van der Waals surface area contributed by atoms with Gasteiger partial charge in [-0.05, 0) is 6.92 Å². The summed E-state index contributed by atoms with van der Waals surface area (Å²) in [4.78, 5) is 3.03. The number of alkyl halides is 2. The molecule has 0 fully saturated rings. The highest BCUT2D eigenvalue weighted by atomic mass is 35.5. The van der Waals surface area contributed by atoms with E-state index in [1.165, 1.54) is 0 Å². The van der Waals surface area contributed by atoms with E-state index in [1.54, 1.807) is 6.92 Å². The molecule has 0 radical (unpaired) electrons. The first-order chi connectivity index (χ1) is 5.95. The largest absolute Gasteiger partial charge is 0.224 e. The average molecular weight is 279 g/mol. The lowest BCUT2D eigenvalue weighted by Gasteiger charge is -2.10. The molecule has 6 heteroatoms. The van der Waals surface area contributed by atoms with Crippen molar-refractivity contribution in [2.24, 2.45) is 0 Å². The molecule has 0 aliphatic carbocycles. The minimum atomic E-state index is -0.802. The molecule has 1 aromatic heterocycles. The highest BCUT2D eigenvalue weighted by molar-refractivity contribution is 6.47. The molecule has 0 saturated carbocycles. The quantitative estimate of drug-likeness (QED) is 0.530. The van der Waals surface area contributed by atoms with E-state index in [2.05, 4.69) is 4.98 Å². The Morgan fingerprint density at radius 2 is 1.62 bits per heavy atom. The number of nitrogens with zero attached hydrogens (tertiary/aromatic N) is 1. The summed E-state index contributed by atoms with van der Waals surface area (Å²) < 4.78 is 0. The molecule has 1 rings (SSSR count). The first kappa shape index (κ1) is 11.7. The van der Waals surface area contributed by atoms with Gasteiger partial charge in [0.25, 0.3) is 0 Å². The summed E-state index contributed by atoms with van der Waals surface area (Å²) in [6.45, 7) is 1.72. The maximum atomic E-state index is 5.92. The summed E-state index contributed by atoms with van der Waals surface area (Å²) in [6.07, 6.45) is 0. The fourth-order valence-electron chi connectivity index (χ4n) is 0.799. The number of pyridine rings is 1. The molecule has 1 heterocycles. The van der Waals surface area contributed by atoms with E-state index in [0.29, 0.717) is 16.1 Å². The SMILES string of the molecule is Cc1c(Cl)nc(Cl)c(C(Cl)Cl)c1Cl. The monoisotopic (exact) mass is 277 g/mol. The Balaban J connectivity index is 3.44. The Kier molecular flexibility index (Phi) is 3.96. The predicted molar refractivity (Wildman–Crippen MR) is 58.5 cm³/mol. The van der Waals surface area contributed by atoms with E-state index in [0.717, 1.165) is 0 Å². The van der Waals surface area contributed by atoms with E-state index < -0.39 is 4.84 Å². The second kappa shape index (κ2) is 4.41. The molecule has 0 aliphatic heterocycles. The van der Waals surface area contributed by atoms with Gasteiger partial charge in [0.15, 0.2) is 0 Å². The van der Waals surface area contributed by atoms with Crippen molar-refractivity contribution in [3.8, 4) is 0 Å². The number of halogens is 5. The van der Waals surface area contributed by atoms with Gasteiger partial charge in [-0.1, -0.05) is 58.0 Å². The maximum Gasteiger partial charge on any atom is 0.138 e. The average Bonchev–Trinajstić information content (AvgIpc) is 1.99. The molecule has 13 heavy (non-hydrogen) atoms. The van der Waals surface area contributed by atoms with Gasteiger partial charge in [0, 0.05) is 11.1 Å². The van der Waals surface area contributed by atoms with Gasteiger partial charge in [-0.15, -0.1) is 0 Å². The first-order valence-electron chi connectivity index (χ1n) is 3.24. The van der Waals surface area contributed by atoms with E-state index in [-0.39, 0.29) is 10.3 Å². The van der Waals surface area contributed by atoms with Crippen molar-refractivity contribution in [3.63, 3.8) is 0 Å². The van der Waals surface area contributed by atoms with Crippen molar-refractivity contribution in [2.75, 3.05) is 0 Å². The van der Waals surface area contributed by atoms with Gasteiger partial charge < -0.3 is 0 Å². The van der Waals surface area contributed by atoms with Crippen molar-refractivity contribution >= 4 is 58.0 Å². The lowest BCUT2D eigenvalue weighted by molar-refractivity contribution is 1.19. The van der Waals surface area contributed by atoms with Gasteiger partial charge in [-0.3, -0.25) is 0 Å². The van der Waals surface area contributed by atoms with Crippen molar-refractivity contribution in [2.45, 2.75) is 11.8 Å². The summed E-state index contributed by atoms with van der Waals surface area (Å²) in [6, 6.07) is 0. The Morgan fingerprint density at radius 3 is 2.08 bits per heavy atom. The molecule has 72 valence electrons. The van der Waals surface area contributed by atoms with E-state index >= 15 is 0 Å². The zero-order chi connectivity index (χ0) is 10.2. The molecule has 0 aromatic carbocycles. The van der Waals surface area contributed by atoms with Crippen molar-refractivity contribution in [1.82, 2.24) is 4.98 Å². The highest BCUT2D eigenvalue weighted by Gasteiger charge is 2.18. The van der Waals surface area contributed by atoms with Gasteiger partial charge in [0.1, 0.15) is 15.1 Å². The Labute approximate surface area is 101 Å². The van der Waals surface area contributed by atoms with Crippen LogP contribution in [0.2, 0.25) is 15.3 Å². The lowest BCUT2D eigenvalue weighted by Crippen LogP contribution is -1.94. The van der Waals surface area contributed by atoms with Gasteiger partial charge in [-0.2, -0.15) is 0 Å². The molecule has 0 spiro atoms. The summed E-state index contributed by atoms with van der Waals surface area (Å²) in [5.74, 6) is 0. The van der Waals surface area contributed by atoms with Crippen molar-refractivity contribution in [3.05, 3.63) is 26.5 Å². The summed E-state index contributed by atoms with van der Waals surface area (Å²) in [7, 11) is 0. The maximum absolute atomic E-state index is 5.92. The van der Waals surface area contributed by atoms with Crippen LogP contribution in [0.5, 0.6) is 0 Å². The molecule has 1 nitrogen and oxygen atoms in total. The summed E-state index contributed by atoms with van der Waals surface area (Å²) in [5.41, 5.74) is 1.02. The molecule has 0 N–H and O–H groups in total. The molecule has 0 unspecified atom stereocenters. The summed E-state index contributed by atoms with van der Waals surface area (Å²) in [5, 5.41) is 0.753. The second-order valence-electron chi connectivity index (χ2n) is 2.35. The molecule has 1 aromatic rings. The van der Waals surface area contributed by atoms with Crippen LogP contribution >= 0.6 is 58.0 Å². The number of rotatable bonds is 1. The highest BCUT2D eigenvalue weighted by Crippen LogP contribution is 2.39. The zero-order valence-corrected chi connectivity index (χ0v) is 10.2. The van der Waals surface area contributed by atoms with Crippen LogP contribution in [-0.4, -0.2) is 4.98 Å². The van der Waals surface area contributed by atoms with Crippen LogP contribution in [-0.2, 0) is 0 Å². The smallest absolute Gasteiger partial charge is 0.138 e. The van der Waals surface area contributed by atoms with Gasteiger partial charge in [-0.25, -0.2) is 4.98 Å². The summed E-state index contributed by atoms with van der Waals surface area (Å²) >= 11 is 28.7. The first-order valence-corrected chi connectivity index (χ1v) is 5.25. The van der Waals surface area contributed by atoms with Crippen LogP contribution in [0, 0.1) is 6.92 Å². The second-order valence-corrected chi connectivity index (χ2v) is 4.54. The topological polar surface area (TPSA) is 12.9 Å². The van der Waals surface area contributed by atoms with E-state index in [4.69, 9.17) is 58.0 Å². The molecule has 0 atom stereocenters. The van der Waals surface area contributed by atoms with E-state index in [9.17, 15) is 0 Å². The zero-order valence-electron chi connectivity index (χ0n) is 6.41. The van der Waals surface area contributed by atoms with Crippen LogP contribution in [0.1, 0.15) is 16.0 Å². The van der Waals surface area contributed by atoms with Crippen LogP contribution in [0.4, 0.5) is 0 Å². The number of aromatic nitrogens is 1. The Bertz CT molecular complexity index is 336. The van der Waals surface area contributed by atoms with Crippen LogP contribution in [0.25, 0.3) is 0 Å². The third-order valence-corrected chi connectivity index (χ3v) is 3.09. The number of hydrogen-bond acceptors (Lipinski definition) is 1. The van der Waals surface area contributed by atoms with E-state index in [1.807, 2.05) is 0 Å². The van der Waals surface area contributed by atoms with Crippen LogP contribution in [0.15, 0.2) is 0 Å². The molecule has 0 amide bonds. The Hall–Kier alpha value is 0.600. The third kappa shape index (κ3) is 2.34. The lowest BCUT2D eigenvalue weighted by atomic mass is 10.2. The van der Waals surface area contributed by atoms with Gasteiger partial charge in [0.05, 0.1) is 5.02 Å². The van der Waals surface area contributed by atoms with Crippen LogP contribution in [0.3, 0.4) is 0 Å². The Morgan fingerprint density at radius 1 is 1.08 bits per heavy atom. The minimum absolute atomic E-state index is 0.135. The minimum Gasteiger partial charge on any atom is -0.224 e. The predicted octanol–water partition coefficient (Wildman–Crippen LogP) is 4.83. The fourth-order valence-corrected chi connectivity index (χ4v) is 2.34. The number of hydrogen-bond donors (Lipinski definition) is 0. The molecule has 0 bridgehead atoms. The fraction of sp³-hybridized carbons (Fsp3) is 0.286. The van der Waals surface area contributed by atoms with Crippen LogP contribution < -0.4 is 0 Å².